The SMILES string of the molecule is CCC(CO)(CO)COc1ccc(-c2ccccc2)cc1. The van der Waals surface area contributed by atoms with Gasteiger partial charge >= 0.3 is 0 Å². The largest absolute Gasteiger partial charge is 0.493 e. The normalized spacial score (nSPS) is 11.4. The molecular formula is C18H22O3. The Morgan fingerprint density at radius 2 is 1.43 bits per heavy atom. The first-order chi connectivity index (χ1) is 10.2. The minimum Gasteiger partial charge on any atom is -0.493 e. The van der Waals surface area contributed by atoms with Crippen molar-refractivity contribution in [2.75, 3.05) is 19.8 Å². The monoisotopic (exact) mass is 286 g/mol. The van der Waals surface area contributed by atoms with Crippen LogP contribution in [0.2, 0.25) is 0 Å². The molecule has 2 N–H and O–H groups in total. The molecule has 3 nitrogen and oxygen atoms in total. The molecule has 0 heterocycles. The quantitative estimate of drug-likeness (QED) is 0.822. The van der Waals surface area contributed by atoms with E-state index in [1.807, 2.05) is 49.4 Å². The molecule has 0 aliphatic heterocycles. The molecule has 2 aromatic carbocycles. The van der Waals surface area contributed by atoms with E-state index in [2.05, 4.69) is 12.1 Å². The highest BCUT2D eigenvalue weighted by molar-refractivity contribution is 5.63. The second kappa shape index (κ2) is 7.25. The first-order valence-electron chi connectivity index (χ1n) is 7.23. The molecule has 0 bridgehead atoms. The molecule has 0 radical (unpaired) electrons. The van der Waals surface area contributed by atoms with E-state index in [4.69, 9.17) is 4.74 Å². The van der Waals surface area contributed by atoms with Crippen LogP contribution in [0.15, 0.2) is 54.6 Å². The van der Waals surface area contributed by atoms with Crippen LogP contribution in [0.5, 0.6) is 5.75 Å². The summed E-state index contributed by atoms with van der Waals surface area (Å²) >= 11 is 0. The maximum Gasteiger partial charge on any atom is 0.119 e. The Bertz CT molecular complexity index is 522. The fourth-order valence-corrected chi connectivity index (χ4v) is 2.08. The molecule has 0 amide bonds. The molecule has 0 unspecified atom stereocenters. The summed E-state index contributed by atoms with van der Waals surface area (Å²) in [7, 11) is 0. The minimum absolute atomic E-state index is 0.0813. The Balaban J connectivity index is 2.03. The van der Waals surface area contributed by atoms with Gasteiger partial charge in [0, 0.05) is 0 Å². The van der Waals surface area contributed by atoms with Gasteiger partial charge in [0.1, 0.15) is 5.75 Å². The molecule has 0 aliphatic rings. The molecule has 0 fully saturated rings. The van der Waals surface area contributed by atoms with Crippen molar-refractivity contribution in [3.8, 4) is 16.9 Å². The fraction of sp³-hybridized carbons (Fsp3) is 0.333. The van der Waals surface area contributed by atoms with Crippen LogP contribution in [0.3, 0.4) is 0 Å². The fourth-order valence-electron chi connectivity index (χ4n) is 2.08. The lowest BCUT2D eigenvalue weighted by Gasteiger charge is -2.28. The number of aliphatic hydroxyl groups is 2. The molecule has 112 valence electrons. The highest BCUT2D eigenvalue weighted by Crippen LogP contribution is 2.25. The van der Waals surface area contributed by atoms with Gasteiger partial charge in [-0.25, -0.2) is 0 Å². The Hall–Kier alpha value is -1.84. The van der Waals surface area contributed by atoms with Crippen LogP contribution < -0.4 is 4.74 Å². The minimum atomic E-state index is -0.571. The van der Waals surface area contributed by atoms with E-state index in [9.17, 15) is 10.2 Å². The van der Waals surface area contributed by atoms with E-state index >= 15 is 0 Å². The zero-order valence-corrected chi connectivity index (χ0v) is 12.3. The van der Waals surface area contributed by atoms with E-state index in [1.54, 1.807) is 0 Å². The van der Waals surface area contributed by atoms with Gasteiger partial charge in [-0.05, 0) is 29.7 Å². The molecule has 0 aromatic heterocycles. The standard InChI is InChI=1S/C18H22O3/c1-2-18(12-19,13-20)14-21-17-10-8-16(9-11-17)15-6-4-3-5-7-15/h3-11,19-20H,2,12-14H2,1H3. The van der Waals surface area contributed by atoms with Gasteiger partial charge in [0.25, 0.3) is 0 Å². The summed E-state index contributed by atoms with van der Waals surface area (Å²) in [6.07, 6.45) is 0.669. The highest BCUT2D eigenvalue weighted by atomic mass is 16.5. The Morgan fingerprint density at radius 1 is 0.857 bits per heavy atom. The van der Waals surface area contributed by atoms with Crippen molar-refractivity contribution >= 4 is 0 Å². The molecule has 21 heavy (non-hydrogen) atoms. The van der Waals surface area contributed by atoms with Crippen molar-refractivity contribution in [2.24, 2.45) is 5.41 Å². The molecule has 0 saturated heterocycles. The maximum absolute atomic E-state index is 9.41. The van der Waals surface area contributed by atoms with Crippen LogP contribution in [-0.2, 0) is 0 Å². The first-order valence-corrected chi connectivity index (χ1v) is 7.23. The van der Waals surface area contributed by atoms with Gasteiger partial charge in [0.2, 0.25) is 0 Å². The summed E-state index contributed by atoms with van der Waals surface area (Å²) in [6, 6.07) is 18.0. The molecule has 0 saturated carbocycles. The predicted molar refractivity (Wildman–Crippen MR) is 84.3 cm³/mol. The van der Waals surface area contributed by atoms with Gasteiger partial charge in [-0.3, -0.25) is 0 Å². The lowest BCUT2D eigenvalue weighted by Crippen LogP contribution is -2.35. The van der Waals surface area contributed by atoms with Crippen molar-refractivity contribution in [1.82, 2.24) is 0 Å². The predicted octanol–water partition coefficient (Wildman–Crippen LogP) is 3.11. The van der Waals surface area contributed by atoms with Crippen molar-refractivity contribution in [2.45, 2.75) is 13.3 Å². The lowest BCUT2D eigenvalue weighted by atomic mass is 9.88. The van der Waals surface area contributed by atoms with E-state index in [0.29, 0.717) is 13.0 Å². The summed E-state index contributed by atoms with van der Waals surface area (Å²) in [5.74, 6) is 0.745. The van der Waals surface area contributed by atoms with Gasteiger partial charge in [-0.1, -0.05) is 49.4 Å². The molecule has 3 heteroatoms. The van der Waals surface area contributed by atoms with E-state index in [0.717, 1.165) is 16.9 Å². The lowest BCUT2D eigenvalue weighted by molar-refractivity contribution is 0.0114. The molecule has 0 spiro atoms. The summed E-state index contributed by atoms with van der Waals surface area (Å²) in [5, 5.41) is 18.8. The van der Waals surface area contributed by atoms with Crippen LogP contribution in [0.25, 0.3) is 11.1 Å². The summed E-state index contributed by atoms with van der Waals surface area (Å²) in [5.41, 5.74) is 1.73. The van der Waals surface area contributed by atoms with Gasteiger partial charge in [0.05, 0.1) is 25.2 Å². The second-order valence-electron chi connectivity index (χ2n) is 5.35. The van der Waals surface area contributed by atoms with E-state index in [1.165, 1.54) is 0 Å². The van der Waals surface area contributed by atoms with Gasteiger partial charge in [-0.2, -0.15) is 0 Å². The Labute approximate surface area is 125 Å². The van der Waals surface area contributed by atoms with Crippen molar-refractivity contribution in [3.63, 3.8) is 0 Å². The average molecular weight is 286 g/mol. The van der Waals surface area contributed by atoms with Crippen molar-refractivity contribution in [3.05, 3.63) is 54.6 Å². The maximum atomic E-state index is 9.41. The summed E-state index contributed by atoms with van der Waals surface area (Å²) in [6.45, 7) is 2.08. The first kappa shape index (κ1) is 15.5. The smallest absolute Gasteiger partial charge is 0.119 e. The van der Waals surface area contributed by atoms with Gasteiger partial charge in [0.15, 0.2) is 0 Å². The topological polar surface area (TPSA) is 49.7 Å². The molecular weight excluding hydrogens is 264 g/mol. The van der Waals surface area contributed by atoms with Crippen LogP contribution in [0.1, 0.15) is 13.3 Å². The second-order valence-corrected chi connectivity index (χ2v) is 5.35. The van der Waals surface area contributed by atoms with Gasteiger partial charge < -0.3 is 14.9 Å². The summed E-state index contributed by atoms with van der Waals surface area (Å²) in [4.78, 5) is 0. The number of benzene rings is 2. The van der Waals surface area contributed by atoms with Crippen LogP contribution >= 0.6 is 0 Å². The van der Waals surface area contributed by atoms with E-state index in [-0.39, 0.29) is 13.2 Å². The third kappa shape index (κ3) is 3.84. The number of ether oxygens (including phenoxy) is 1. The Kier molecular flexibility index (Phi) is 5.37. The van der Waals surface area contributed by atoms with Crippen LogP contribution in [0.4, 0.5) is 0 Å². The number of rotatable bonds is 7. The van der Waals surface area contributed by atoms with Crippen molar-refractivity contribution < 1.29 is 14.9 Å². The molecule has 0 atom stereocenters. The van der Waals surface area contributed by atoms with Crippen molar-refractivity contribution in [1.29, 1.82) is 0 Å². The third-order valence-electron chi connectivity index (χ3n) is 3.93. The number of aliphatic hydroxyl groups excluding tert-OH is 2. The van der Waals surface area contributed by atoms with Crippen LogP contribution in [-0.4, -0.2) is 30.0 Å². The van der Waals surface area contributed by atoms with Gasteiger partial charge in [-0.15, -0.1) is 0 Å². The number of hydrogen-bond donors (Lipinski definition) is 2. The highest BCUT2D eigenvalue weighted by Gasteiger charge is 2.27. The zero-order chi connectivity index (χ0) is 15.1. The molecule has 2 rings (SSSR count). The zero-order valence-electron chi connectivity index (χ0n) is 12.3. The Morgan fingerprint density at radius 3 is 1.95 bits per heavy atom. The third-order valence-corrected chi connectivity index (χ3v) is 3.93. The summed E-state index contributed by atoms with van der Waals surface area (Å²) < 4.78 is 5.72. The molecule has 0 aliphatic carbocycles. The average Bonchev–Trinajstić information content (AvgIpc) is 2.58. The number of hydrogen-bond acceptors (Lipinski definition) is 3. The van der Waals surface area contributed by atoms with E-state index < -0.39 is 5.41 Å². The molecule has 2 aromatic rings. The van der Waals surface area contributed by atoms with Crippen LogP contribution in [0, 0.1) is 5.41 Å².